The van der Waals surface area contributed by atoms with Crippen LogP contribution in [0.1, 0.15) is 66.0 Å². The van der Waals surface area contributed by atoms with Gasteiger partial charge in [0.05, 0.1) is 18.3 Å². The van der Waals surface area contributed by atoms with Gasteiger partial charge in [0.15, 0.2) is 0 Å². The number of fused-ring (bicyclic) bond motifs is 1. The molecule has 1 N–H and O–H groups in total. The van der Waals surface area contributed by atoms with Gasteiger partial charge in [0, 0.05) is 0 Å². The SMILES string of the molecule is COC(=O)NC1(C(C)(C)C)c2cccc(B3OC(C)(C)C(C)(C)O3)c2CCC1F. The quantitative estimate of drug-likeness (QED) is 0.760. The molecule has 2 aliphatic rings. The smallest absolute Gasteiger partial charge is 0.453 e. The molecule has 0 saturated carbocycles. The molecule has 7 heteroatoms. The van der Waals surface area contributed by atoms with Crippen LogP contribution in [0.25, 0.3) is 0 Å². The van der Waals surface area contributed by atoms with E-state index in [1.807, 2.05) is 66.7 Å². The second kappa shape index (κ2) is 6.98. The highest BCUT2D eigenvalue weighted by atomic mass is 19.1. The highest BCUT2D eigenvalue weighted by Gasteiger charge is 2.57. The molecule has 0 bridgehead atoms. The molecule has 1 amide bonds. The summed E-state index contributed by atoms with van der Waals surface area (Å²) < 4.78 is 33.0. The third-order valence-corrected chi connectivity index (χ3v) is 6.93. The Bertz CT molecular complexity index is 788. The lowest BCUT2D eigenvalue weighted by atomic mass is 9.59. The number of hydrogen-bond donors (Lipinski definition) is 1. The highest BCUT2D eigenvalue weighted by Crippen LogP contribution is 2.49. The lowest BCUT2D eigenvalue weighted by molar-refractivity contribution is 0.00578. The topological polar surface area (TPSA) is 56.8 Å². The monoisotopic (exact) mass is 405 g/mol. The molecule has 0 radical (unpaired) electrons. The number of benzene rings is 1. The van der Waals surface area contributed by atoms with Crippen LogP contribution in [0.4, 0.5) is 9.18 Å². The molecular weight excluding hydrogens is 372 g/mol. The van der Waals surface area contributed by atoms with E-state index < -0.39 is 41.5 Å². The van der Waals surface area contributed by atoms with Crippen molar-refractivity contribution in [3.63, 3.8) is 0 Å². The summed E-state index contributed by atoms with van der Waals surface area (Å²) in [6, 6.07) is 5.76. The van der Waals surface area contributed by atoms with Crippen LogP contribution in [-0.4, -0.2) is 37.7 Å². The Morgan fingerprint density at radius 3 is 2.31 bits per heavy atom. The van der Waals surface area contributed by atoms with Crippen molar-refractivity contribution in [3.8, 4) is 0 Å². The molecule has 1 aromatic rings. The van der Waals surface area contributed by atoms with Gasteiger partial charge in [-0.2, -0.15) is 0 Å². The van der Waals surface area contributed by atoms with Crippen molar-refractivity contribution in [2.45, 2.75) is 84.2 Å². The Balaban J connectivity index is 2.16. The molecule has 5 nitrogen and oxygen atoms in total. The number of ether oxygens (including phenoxy) is 1. The van der Waals surface area contributed by atoms with Gasteiger partial charge in [0.2, 0.25) is 0 Å². The van der Waals surface area contributed by atoms with Gasteiger partial charge in [0.1, 0.15) is 11.7 Å². The van der Waals surface area contributed by atoms with Crippen LogP contribution < -0.4 is 10.8 Å². The molecule has 2 atom stereocenters. The number of alkyl carbamates (subject to hydrolysis) is 1. The van der Waals surface area contributed by atoms with Crippen LogP contribution in [0, 0.1) is 5.41 Å². The van der Waals surface area contributed by atoms with Crippen LogP contribution in [0.2, 0.25) is 0 Å². The third kappa shape index (κ3) is 3.36. The number of nitrogens with one attached hydrogen (secondary N) is 1. The van der Waals surface area contributed by atoms with E-state index in [0.717, 1.165) is 16.6 Å². The maximum atomic E-state index is 15.6. The maximum absolute atomic E-state index is 15.6. The van der Waals surface area contributed by atoms with Gasteiger partial charge < -0.3 is 19.4 Å². The molecule has 1 aromatic carbocycles. The summed E-state index contributed by atoms with van der Waals surface area (Å²) in [4.78, 5) is 12.2. The van der Waals surface area contributed by atoms with Crippen LogP contribution in [0.3, 0.4) is 0 Å². The molecule has 1 saturated heterocycles. The first-order chi connectivity index (χ1) is 13.3. The first kappa shape index (κ1) is 22.1. The van der Waals surface area contributed by atoms with Crippen molar-refractivity contribution in [3.05, 3.63) is 29.3 Å². The Hall–Kier alpha value is -1.60. The first-order valence-electron chi connectivity index (χ1n) is 10.2. The molecule has 29 heavy (non-hydrogen) atoms. The minimum absolute atomic E-state index is 0.296. The fraction of sp³-hybridized carbons (Fsp3) is 0.682. The molecule has 1 heterocycles. The van der Waals surface area contributed by atoms with Crippen LogP contribution >= 0.6 is 0 Å². The van der Waals surface area contributed by atoms with Gasteiger partial charge in [-0.15, -0.1) is 0 Å². The summed E-state index contributed by atoms with van der Waals surface area (Å²) in [7, 11) is 0.755. The van der Waals surface area contributed by atoms with Gasteiger partial charge in [0.25, 0.3) is 0 Å². The zero-order chi connectivity index (χ0) is 21.8. The summed E-state index contributed by atoms with van der Waals surface area (Å²) in [5.74, 6) is 0. The van der Waals surface area contributed by atoms with Gasteiger partial charge in [-0.3, -0.25) is 0 Å². The molecule has 0 aromatic heterocycles. The number of halogens is 1. The van der Waals surface area contributed by atoms with Crippen LogP contribution in [0.5, 0.6) is 0 Å². The Kier molecular flexibility index (Phi) is 5.32. The fourth-order valence-corrected chi connectivity index (χ4v) is 4.52. The van der Waals surface area contributed by atoms with E-state index >= 15 is 4.39 Å². The third-order valence-electron chi connectivity index (χ3n) is 6.93. The van der Waals surface area contributed by atoms with Crippen molar-refractivity contribution in [1.29, 1.82) is 0 Å². The van der Waals surface area contributed by atoms with E-state index in [4.69, 9.17) is 14.0 Å². The Morgan fingerprint density at radius 1 is 1.21 bits per heavy atom. The molecule has 1 aliphatic carbocycles. The second-order valence-electron chi connectivity index (χ2n) is 10.1. The summed E-state index contributed by atoms with van der Waals surface area (Å²) >= 11 is 0. The number of methoxy groups -OCH3 is 1. The van der Waals surface area contributed by atoms with Crippen molar-refractivity contribution in [2.24, 2.45) is 5.41 Å². The highest BCUT2D eigenvalue weighted by molar-refractivity contribution is 6.62. The number of alkyl halides is 1. The van der Waals surface area contributed by atoms with Crippen LogP contribution in [0.15, 0.2) is 18.2 Å². The van der Waals surface area contributed by atoms with Gasteiger partial charge in [-0.1, -0.05) is 39.0 Å². The molecule has 160 valence electrons. The number of carbonyl (C=O) groups excluding carboxylic acids is 1. The normalized spacial score (nSPS) is 28.0. The number of hydrogen-bond acceptors (Lipinski definition) is 4. The average Bonchev–Trinajstić information content (AvgIpc) is 2.83. The van der Waals surface area contributed by atoms with E-state index in [-0.39, 0.29) is 0 Å². The predicted molar refractivity (Wildman–Crippen MR) is 112 cm³/mol. The van der Waals surface area contributed by atoms with Crippen molar-refractivity contribution >= 4 is 18.7 Å². The largest absolute Gasteiger partial charge is 0.495 e. The van der Waals surface area contributed by atoms with Crippen molar-refractivity contribution < 1.29 is 23.2 Å². The Labute approximate surface area is 173 Å². The van der Waals surface area contributed by atoms with E-state index in [0.29, 0.717) is 12.8 Å². The Morgan fingerprint density at radius 2 is 1.79 bits per heavy atom. The summed E-state index contributed by atoms with van der Waals surface area (Å²) in [6.45, 7) is 13.9. The summed E-state index contributed by atoms with van der Waals surface area (Å²) in [5, 5.41) is 2.86. The first-order valence-corrected chi connectivity index (χ1v) is 10.2. The molecule has 1 fully saturated rings. The lowest BCUT2D eigenvalue weighted by Gasteiger charge is -2.50. The molecule has 2 unspecified atom stereocenters. The molecule has 1 aliphatic heterocycles. The lowest BCUT2D eigenvalue weighted by Crippen LogP contribution is -2.62. The predicted octanol–water partition coefficient (Wildman–Crippen LogP) is 3.87. The minimum atomic E-state index is -1.25. The van der Waals surface area contributed by atoms with E-state index in [1.165, 1.54) is 7.11 Å². The maximum Gasteiger partial charge on any atom is 0.495 e. The fourth-order valence-electron chi connectivity index (χ4n) is 4.52. The van der Waals surface area contributed by atoms with E-state index in [2.05, 4.69) is 5.32 Å². The number of carbonyl (C=O) groups is 1. The summed E-state index contributed by atoms with van der Waals surface area (Å²) in [6.07, 6.45) is -1.04. The second-order valence-corrected chi connectivity index (χ2v) is 10.1. The van der Waals surface area contributed by atoms with Gasteiger partial charge >= 0.3 is 13.2 Å². The molecule has 3 rings (SSSR count). The average molecular weight is 405 g/mol. The van der Waals surface area contributed by atoms with E-state index in [1.54, 1.807) is 0 Å². The zero-order valence-corrected chi connectivity index (χ0v) is 18.8. The number of rotatable bonds is 2. The summed E-state index contributed by atoms with van der Waals surface area (Å²) in [5.41, 5.74) is -0.106. The van der Waals surface area contributed by atoms with E-state index in [9.17, 15) is 4.79 Å². The van der Waals surface area contributed by atoms with Crippen LogP contribution in [-0.2, 0) is 26.0 Å². The van der Waals surface area contributed by atoms with Gasteiger partial charge in [-0.25, -0.2) is 9.18 Å². The molecule has 0 spiro atoms. The number of amides is 1. The van der Waals surface area contributed by atoms with Gasteiger partial charge in [-0.05, 0) is 62.5 Å². The van der Waals surface area contributed by atoms with Crippen molar-refractivity contribution in [2.75, 3.05) is 7.11 Å². The standard InChI is InChI=1S/C22H33BFNO4/c1-19(2,3)22(25-18(26)27-8)15-10-9-11-16(14(15)12-13-17(22)24)23-28-20(4,5)21(6,7)29-23/h9-11,17H,12-13H2,1-8H3,(H,25,26). The van der Waals surface area contributed by atoms with Crippen molar-refractivity contribution in [1.82, 2.24) is 5.32 Å². The minimum Gasteiger partial charge on any atom is -0.453 e. The molecular formula is C22H33BFNO4. The zero-order valence-electron chi connectivity index (χ0n) is 18.8.